The van der Waals surface area contributed by atoms with Crippen molar-refractivity contribution in [2.24, 2.45) is 0 Å². The second-order valence-electron chi connectivity index (χ2n) is 3.96. The van der Waals surface area contributed by atoms with Crippen molar-refractivity contribution in [3.05, 3.63) is 48.0 Å². The van der Waals surface area contributed by atoms with E-state index in [4.69, 9.17) is 4.55 Å². The van der Waals surface area contributed by atoms with Crippen LogP contribution in [0, 0.1) is 11.6 Å². The predicted molar refractivity (Wildman–Crippen MR) is 74.5 cm³/mol. The van der Waals surface area contributed by atoms with Crippen LogP contribution in [0.2, 0.25) is 0 Å². The molecule has 0 saturated heterocycles. The fourth-order valence-electron chi connectivity index (χ4n) is 1.58. The van der Waals surface area contributed by atoms with Crippen LogP contribution in [-0.2, 0) is 20.9 Å². The van der Waals surface area contributed by atoms with E-state index in [1.165, 1.54) is 6.07 Å². The summed E-state index contributed by atoms with van der Waals surface area (Å²) in [5.74, 6) is -1.96. The highest BCUT2D eigenvalue weighted by Gasteiger charge is 2.21. The predicted octanol–water partition coefficient (Wildman–Crippen LogP) is 2.67. The summed E-state index contributed by atoms with van der Waals surface area (Å²) in [5, 5.41) is 0. The van der Waals surface area contributed by atoms with E-state index < -0.39 is 42.3 Å². The van der Waals surface area contributed by atoms with Gasteiger partial charge in [0.05, 0.1) is 9.79 Å². The number of thiol groups is 1. The molecule has 0 aromatic heterocycles. The molecule has 1 atom stereocenters. The Bertz CT molecular complexity index is 834. The Balaban J connectivity index is 2.56. The second kappa shape index (κ2) is 5.84. The summed E-state index contributed by atoms with van der Waals surface area (Å²) in [6, 6.07) is 5.56. The lowest BCUT2D eigenvalue weighted by Gasteiger charge is -2.07. The van der Waals surface area contributed by atoms with Crippen LogP contribution in [0.5, 0.6) is 0 Å². The van der Waals surface area contributed by atoms with Gasteiger partial charge in [-0.05, 0) is 36.4 Å². The van der Waals surface area contributed by atoms with Crippen LogP contribution in [0.25, 0.3) is 0 Å². The maximum atomic E-state index is 13.6. The molecule has 0 fully saturated rings. The Kier molecular flexibility index (Phi) is 4.47. The summed E-state index contributed by atoms with van der Waals surface area (Å²) in [5.41, 5.74) is 0. The van der Waals surface area contributed by atoms with Crippen molar-refractivity contribution in [2.45, 2.75) is 19.6 Å². The minimum absolute atomic E-state index is 0.0221. The molecule has 0 spiro atoms. The summed E-state index contributed by atoms with van der Waals surface area (Å²) >= 11 is 1.22. The number of benzene rings is 2. The zero-order valence-electron chi connectivity index (χ0n) is 10.2. The number of halogens is 2. The van der Waals surface area contributed by atoms with Gasteiger partial charge in [-0.15, -0.1) is 12.6 Å². The van der Waals surface area contributed by atoms with Gasteiger partial charge in [0.15, 0.2) is 11.1 Å². The van der Waals surface area contributed by atoms with Crippen molar-refractivity contribution in [1.29, 1.82) is 0 Å². The topological polar surface area (TPSA) is 71.4 Å². The van der Waals surface area contributed by atoms with Gasteiger partial charge in [-0.25, -0.2) is 21.4 Å². The van der Waals surface area contributed by atoms with E-state index in [0.717, 1.165) is 24.3 Å². The van der Waals surface area contributed by atoms with Crippen molar-refractivity contribution >= 4 is 33.5 Å². The van der Waals surface area contributed by atoms with E-state index in [-0.39, 0.29) is 9.79 Å². The van der Waals surface area contributed by atoms with Gasteiger partial charge >= 0.3 is 0 Å². The molecule has 2 aromatic carbocycles. The molecule has 0 bridgehead atoms. The molecule has 1 unspecified atom stereocenters. The molecular formula is C12H8F2O4S3. The molecule has 0 aliphatic heterocycles. The van der Waals surface area contributed by atoms with Gasteiger partial charge < -0.3 is 4.55 Å². The Morgan fingerprint density at radius 3 is 2.00 bits per heavy atom. The minimum Gasteiger partial charge on any atom is -0.302 e. The molecule has 21 heavy (non-hydrogen) atoms. The minimum atomic E-state index is -4.14. The fourth-order valence-corrected chi connectivity index (χ4v) is 3.41. The van der Waals surface area contributed by atoms with Crippen LogP contribution in [0.15, 0.2) is 56.0 Å². The van der Waals surface area contributed by atoms with Crippen molar-refractivity contribution in [2.75, 3.05) is 0 Å². The molecule has 0 saturated carbocycles. The highest BCUT2D eigenvalue weighted by Crippen LogP contribution is 2.25. The van der Waals surface area contributed by atoms with Gasteiger partial charge in [-0.1, -0.05) is 0 Å². The van der Waals surface area contributed by atoms with Crippen molar-refractivity contribution in [3.63, 3.8) is 0 Å². The Morgan fingerprint density at radius 1 is 1.00 bits per heavy atom. The van der Waals surface area contributed by atoms with Gasteiger partial charge in [-0.3, -0.25) is 0 Å². The molecular weight excluding hydrogens is 342 g/mol. The highest BCUT2D eigenvalue weighted by molar-refractivity contribution is 7.91. The summed E-state index contributed by atoms with van der Waals surface area (Å²) in [6.45, 7) is 0. The first-order chi connectivity index (χ1) is 9.73. The van der Waals surface area contributed by atoms with Crippen LogP contribution in [0.3, 0.4) is 0 Å². The van der Waals surface area contributed by atoms with Gasteiger partial charge in [0.1, 0.15) is 16.5 Å². The molecule has 112 valence electrons. The summed E-state index contributed by atoms with van der Waals surface area (Å²) in [7, 11) is -4.14. The largest absolute Gasteiger partial charge is 0.302 e. The molecule has 1 N–H and O–H groups in total. The SMILES string of the molecule is O=S(O)c1ccc(S(=O)(=O)c2ccc(S)c(F)c2)cc1F. The number of sulfone groups is 1. The van der Waals surface area contributed by atoms with E-state index in [0.29, 0.717) is 6.07 Å². The van der Waals surface area contributed by atoms with Crippen molar-refractivity contribution in [3.8, 4) is 0 Å². The molecule has 0 radical (unpaired) electrons. The number of hydrogen-bond acceptors (Lipinski definition) is 4. The van der Waals surface area contributed by atoms with E-state index in [9.17, 15) is 21.4 Å². The molecule has 0 aliphatic carbocycles. The van der Waals surface area contributed by atoms with Gasteiger partial charge in [0, 0.05) is 4.90 Å². The standard InChI is InChI=1S/C12H8F2O4S3/c13-9-5-7(1-3-11(9)19)21(17,18)8-2-4-12(20(15)16)10(14)6-8/h1-6,19H,(H,15,16). The molecule has 0 aliphatic rings. The Hall–Kier alpha value is -1.29. The molecule has 9 heteroatoms. The summed E-state index contributed by atoms with van der Waals surface area (Å²) < 4.78 is 71.0. The van der Waals surface area contributed by atoms with Gasteiger partial charge in [0.2, 0.25) is 9.84 Å². The summed E-state index contributed by atoms with van der Waals surface area (Å²) in [6.07, 6.45) is 0. The first-order valence-electron chi connectivity index (χ1n) is 5.37. The zero-order chi connectivity index (χ0) is 15.8. The van der Waals surface area contributed by atoms with Crippen molar-refractivity contribution < 1.29 is 26.0 Å². The number of hydrogen-bond donors (Lipinski definition) is 2. The lowest BCUT2D eigenvalue weighted by Crippen LogP contribution is -2.04. The van der Waals surface area contributed by atoms with Crippen LogP contribution < -0.4 is 0 Å². The molecule has 0 amide bonds. The normalized spacial score (nSPS) is 13.1. The summed E-state index contributed by atoms with van der Waals surface area (Å²) in [4.78, 5) is -1.37. The fraction of sp³-hybridized carbons (Fsp3) is 0. The maximum absolute atomic E-state index is 13.6. The lowest BCUT2D eigenvalue weighted by molar-refractivity contribution is 0.541. The second-order valence-corrected chi connectivity index (χ2v) is 7.33. The van der Waals surface area contributed by atoms with Gasteiger partial charge in [-0.2, -0.15) is 0 Å². The van der Waals surface area contributed by atoms with E-state index in [2.05, 4.69) is 12.6 Å². The Morgan fingerprint density at radius 2 is 1.52 bits per heavy atom. The van der Waals surface area contributed by atoms with E-state index >= 15 is 0 Å². The lowest BCUT2D eigenvalue weighted by atomic mass is 10.3. The molecule has 0 heterocycles. The van der Waals surface area contributed by atoms with Crippen LogP contribution in [-0.4, -0.2) is 17.2 Å². The maximum Gasteiger partial charge on any atom is 0.206 e. The first-order valence-corrected chi connectivity index (χ1v) is 8.41. The highest BCUT2D eigenvalue weighted by atomic mass is 32.2. The Labute approximate surface area is 127 Å². The molecule has 4 nitrogen and oxygen atoms in total. The van der Waals surface area contributed by atoms with Crippen molar-refractivity contribution in [1.82, 2.24) is 0 Å². The molecule has 2 rings (SSSR count). The van der Waals surface area contributed by atoms with Crippen LogP contribution in [0.1, 0.15) is 0 Å². The zero-order valence-corrected chi connectivity index (χ0v) is 12.7. The quantitative estimate of drug-likeness (QED) is 0.659. The van der Waals surface area contributed by atoms with Crippen LogP contribution >= 0.6 is 12.6 Å². The average molecular weight is 350 g/mol. The third-order valence-corrected chi connectivity index (χ3v) is 5.45. The third kappa shape index (κ3) is 3.15. The average Bonchev–Trinajstić information content (AvgIpc) is 2.41. The molecule has 2 aromatic rings. The third-order valence-electron chi connectivity index (χ3n) is 2.63. The monoisotopic (exact) mass is 350 g/mol. The first kappa shape index (κ1) is 16.1. The van der Waals surface area contributed by atoms with Crippen LogP contribution in [0.4, 0.5) is 8.78 Å². The number of rotatable bonds is 3. The smallest absolute Gasteiger partial charge is 0.206 e. The van der Waals surface area contributed by atoms with E-state index in [1.807, 2.05) is 0 Å². The van der Waals surface area contributed by atoms with E-state index in [1.54, 1.807) is 0 Å². The van der Waals surface area contributed by atoms with Gasteiger partial charge in [0.25, 0.3) is 0 Å².